The number of aliphatic carboxylic acids is 1. The molecule has 3 unspecified atom stereocenters. The Balaban J connectivity index is 2.03. The van der Waals surface area contributed by atoms with Crippen LogP contribution in [0.25, 0.3) is 6.08 Å². The van der Waals surface area contributed by atoms with Crippen molar-refractivity contribution in [3.63, 3.8) is 0 Å². The van der Waals surface area contributed by atoms with Crippen molar-refractivity contribution in [2.24, 2.45) is 17.8 Å². The van der Waals surface area contributed by atoms with Crippen molar-refractivity contribution in [2.75, 3.05) is 0 Å². The Bertz CT molecular complexity index is 516. The van der Waals surface area contributed by atoms with Crippen LogP contribution in [0.3, 0.4) is 0 Å². The Kier molecular flexibility index (Phi) is 5.64. The smallest absolute Gasteiger partial charge is 0.328 e. The maximum atomic E-state index is 10.5. The molecule has 3 nitrogen and oxygen atoms in total. The first-order chi connectivity index (χ1) is 10.5. The standard InChI is InChI=1S/C19H26O3/c1-13(2)17-10-4-14(3)12-18(17)22-16-8-5-15(6-9-16)7-11-19(20)21/h5-9,11,13-14,17-18H,4,10,12H2,1-3H3,(H,20,21). The lowest BCUT2D eigenvalue weighted by Crippen LogP contribution is -2.36. The van der Waals surface area contributed by atoms with Gasteiger partial charge < -0.3 is 9.84 Å². The topological polar surface area (TPSA) is 46.5 Å². The summed E-state index contributed by atoms with van der Waals surface area (Å²) in [5.41, 5.74) is 0.868. The summed E-state index contributed by atoms with van der Waals surface area (Å²) in [7, 11) is 0. The van der Waals surface area contributed by atoms with Crippen molar-refractivity contribution in [3.8, 4) is 5.75 Å². The lowest BCUT2D eigenvalue weighted by molar-refractivity contribution is -0.131. The van der Waals surface area contributed by atoms with Gasteiger partial charge in [0.25, 0.3) is 0 Å². The van der Waals surface area contributed by atoms with Gasteiger partial charge in [0.1, 0.15) is 11.9 Å². The van der Waals surface area contributed by atoms with Gasteiger partial charge in [-0.2, -0.15) is 0 Å². The summed E-state index contributed by atoms with van der Waals surface area (Å²) in [6.45, 7) is 6.85. The van der Waals surface area contributed by atoms with Gasteiger partial charge in [-0.05, 0) is 54.4 Å². The molecule has 1 aromatic rings. The highest BCUT2D eigenvalue weighted by Gasteiger charge is 2.32. The highest BCUT2D eigenvalue weighted by atomic mass is 16.5. The first kappa shape index (κ1) is 16.6. The monoisotopic (exact) mass is 302 g/mol. The summed E-state index contributed by atoms with van der Waals surface area (Å²) in [5.74, 6) is 1.91. The van der Waals surface area contributed by atoms with Crippen LogP contribution < -0.4 is 4.74 Å². The SMILES string of the molecule is CC1CCC(C(C)C)C(Oc2ccc(C=CC(=O)O)cc2)C1. The van der Waals surface area contributed by atoms with Gasteiger partial charge in [0.05, 0.1) is 0 Å². The zero-order chi connectivity index (χ0) is 16.1. The van der Waals surface area contributed by atoms with E-state index in [-0.39, 0.29) is 6.10 Å². The lowest BCUT2D eigenvalue weighted by Gasteiger charge is -2.37. The number of carboxylic acids is 1. The van der Waals surface area contributed by atoms with Gasteiger partial charge in [-0.1, -0.05) is 39.3 Å². The molecule has 22 heavy (non-hydrogen) atoms. The fraction of sp³-hybridized carbons (Fsp3) is 0.526. The summed E-state index contributed by atoms with van der Waals surface area (Å²) in [5, 5.41) is 8.64. The number of hydrogen-bond donors (Lipinski definition) is 1. The molecule has 0 spiro atoms. The molecular weight excluding hydrogens is 276 g/mol. The van der Waals surface area contributed by atoms with Crippen molar-refractivity contribution in [3.05, 3.63) is 35.9 Å². The van der Waals surface area contributed by atoms with Crippen molar-refractivity contribution < 1.29 is 14.6 Å². The maximum Gasteiger partial charge on any atom is 0.328 e. The van der Waals surface area contributed by atoms with Crippen LogP contribution >= 0.6 is 0 Å². The molecule has 2 rings (SSSR count). The highest BCUT2D eigenvalue weighted by Crippen LogP contribution is 2.36. The van der Waals surface area contributed by atoms with Gasteiger partial charge >= 0.3 is 5.97 Å². The van der Waals surface area contributed by atoms with Gasteiger partial charge in [0.2, 0.25) is 0 Å². The van der Waals surface area contributed by atoms with E-state index in [1.54, 1.807) is 6.08 Å². The van der Waals surface area contributed by atoms with E-state index in [9.17, 15) is 4.79 Å². The molecule has 3 atom stereocenters. The second-order valence-electron chi connectivity index (χ2n) is 6.72. The second-order valence-corrected chi connectivity index (χ2v) is 6.72. The minimum Gasteiger partial charge on any atom is -0.490 e. The molecule has 1 N–H and O–H groups in total. The molecule has 1 saturated carbocycles. The van der Waals surface area contributed by atoms with Crippen LogP contribution in [0, 0.1) is 17.8 Å². The van der Waals surface area contributed by atoms with E-state index in [0.29, 0.717) is 11.8 Å². The average Bonchev–Trinajstić information content (AvgIpc) is 2.46. The molecule has 0 bridgehead atoms. The van der Waals surface area contributed by atoms with E-state index < -0.39 is 5.97 Å². The predicted octanol–water partition coefficient (Wildman–Crippen LogP) is 4.62. The van der Waals surface area contributed by atoms with Gasteiger partial charge in [0.15, 0.2) is 0 Å². The van der Waals surface area contributed by atoms with E-state index in [4.69, 9.17) is 9.84 Å². The van der Waals surface area contributed by atoms with Gasteiger partial charge in [-0.3, -0.25) is 0 Å². The van der Waals surface area contributed by atoms with Crippen LogP contribution in [-0.4, -0.2) is 17.2 Å². The lowest BCUT2D eigenvalue weighted by atomic mass is 9.75. The average molecular weight is 302 g/mol. The first-order valence-corrected chi connectivity index (χ1v) is 8.13. The molecule has 0 radical (unpaired) electrons. The Morgan fingerprint density at radius 3 is 2.55 bits per heavy atom. The quantitative estimate of drug-likeness (QED) is 0.807. The molecule has 0 saturated heterocycles. The fourth-order valence-electron chi connectivity index (χ4n) is 3.25. The number of ether oxygens (including phenoxy) is 1. The Morgan fingerprint density at radius 1 is 1.27 bits per heavy atom. The van der Waals surface area contributed by atoms with Crippen LogP contribution in [0.1, 0.15) is 45.6 Å². The molecule has 1 aromatic carbocycles. The van der Waals surface area contributed by atoms with E-state index >= 15 is 0 Å². The number of carboxylic acid groups (broad SMARTS) is 1. The molecular formula is C19H26O3. The Labute approximate surface area is 133 Å². The fourth-order valence-corrected chi connectivity index (χ4v) is 3.25. The van der Waals surface area contributed by atoms with E-state index in [0.717, 1.165) is 29.7 Å². The third-order valence-corrected chi connectivity index (χ3v) is 4.55. The zero-order valence-corrected chi connectivity index (χ0v) is 13.7. The Hall–Kier alpha value is -1.77. The number of hydrogen-bond acceptors (Lipinski definition) is 2. The van der Waals surface area contributed by atoms with Crippen molar-refractivity contribution in [1.82, 2.24) is 0 Å². The molecule has 120 valence electrons. The minimum absolute atomic E-state index is 0.282. The highest BCUT2D eigenvalue weighted by molar-refractivity contribution is 5.85. The number of rotatable bonds is 5. The Morgan fingerprint density at radius 2 is 1.95 bits per heavy atom. The van der Waals surface area contributed by atoms with Gasteiger partial charge in [-0.15, -0.1) is 0 Å². The molecule has 0 amide bonds. The number of benzene rings is 1. The van der Waals surface area contributed by atoms with E-state index in [2.05, 4.69) is 20.8 Å². The molecule has 1 aliphatic carbocycles. The van der Waals surface area contributed by atoms with Crippen molar-refractivity contribution in [1.29, 1.82) is 0 Å². The summed E-state index contributed by atoms with van der Waals surface area (Å²) in [4.78, 5) is 10.5. The third kappa shape index (κ3) is 4.62. The predicted molar refractivity (Wildman–Crippen MR) is 88.9 cm³/mol. The third-order valence-electron chi connectivity index (χ3n) is 4.55. The van der Waals surface area contributed by atoms with Gasteiger partial charge in [-0.25, -0.2) is 4.79 Å². The zero-order valence-electron chi connectivity index (χ0n) is 13.7. The second kappa shape index (κ2) is 7.48. The molecule has 1 fully saturated rings. The van der Waals surface area contributed by atoms with Crippen molar-refractivity contribution >= 4 is 12.0 Å². The van der Waals surface area contributed by atoms with Crippen LogP contribution in [0.4, 0.5) is 0 Å². The summed E-state index contributed by atoms with van der Waals surface area (Å²) >= 11 is 0. The molecule has 1 aliphatic rings. The molecule has 3 heteroatoms. The summed E-state index contributed by atoms with van der Waals surface area (Å²) in [6, 6.07) is 7.65. The maximum absolute atomic E-state index is 10.5. The van der Waals surface area contributed by atoms with Gasteiger partial charge in [0, 0.05) is 6.08 Å². The largest absolute Gasteiger partial charge is 0.490 e. The van der Waals surface area contributed by atoms with Crippen LogP contribution in [-0.2, 0) is 4.79 Å². The van der Waals surface area contributed by atoms with E-state index in [1.807, 2.05) is 24.3 Å². The van der Waals surface area contributed by atoms with Crippen molar-refractivity contribution in [2.45, 2.75) is 46.1 Å². The summed E-state index contributed by atoms with van der Waals surface area (Å²) < 4.78 is 6.24. The number of carbonyl (C=O) groups is 1. The first-order valence-electron chi connectivity index (χ1n) is 8.13. The summed E-state index contributed by atoms with van der Waals surface area (Å²) in [6.07, 6.45) is 6.66. The van der Waals surface area contributed by atoms with Crippen LogP contribution in [0.2, 0.25) is 0 Å². The van der Waals surface area contributed by atoms with E-state index in [1.165, 1.54) is 12.8 Å². The van der Waals surface area contributed by atoms with Crippen LogP contribution in [0.15, 0.2) is 30.3 Å². The normalized spacial score (nSPS) is 25.5. The van der Waals surface area contributed by atoms with Crippen LogP contribution in [0.5, 0.6) is 5.75 Å². The molecule has 0 heterocycles. The minimum atomic E-state index is -0.934. The molecule has 0 aliphatic heterocycles. The molecule has 0 aromatic heterocycles.